The van der Waals surface area contributed by atoms with Crippen LogP contribution in [0.2, 0.25) is 0 Å². The molecule has 2 aromatic carbocycles. The summed E-state index contributed by atoms with van der Waals surface area (Å²) < 4.78 is 29.6. The SMILES string of the molecule is O=C(c1ccc(F)cc1)N1CCCCC(Sc2nnc(-c3ccccc3F)n2C2CC2)C1=O. The number of amides is 2. The number of carbonyl (C=O) groups excluding carboxylic acids is 2. The maximum atomic E-state index is 14.4. The van der Waals surface area contributed by atoms with Gasteiger partial charge >= 0.3 is 0 Å². The quantitative estimate of drug-likeness (QED) is 0.500. The average molecular weight is 469 g/mol. The number of carbonyl (C=O) groups is 2. The molecule has 2 amide bonds. The Morgan fingerprint density at radius 3 is 2.45 bits per heavy atom. The highest BCUT2D eigenvalue weighted by molar-refractivity contribution is 8.00. The Hall–Kier alpha value is -3.07. The number of aromatic nitrogens is 3. The molecular weight excluding hydrogens is 446 g/mol. The van der Waals surface area contributed by atoms with Crippen LogP contribution in [0.1, 0.15) is 48.5 Å². The highest BCUT2D eigenvalue weighted by Crippen LogP contribution is 2.43. The van der Waals surface area contributed by atoms with Gasteiger partial charge in [0.15, 0.2) is 11.0 Å². The normalized spacial score (nSPS) is 18.9. The minimum absolute atomic E-state index is 0.176. The van der Waals surface area contributed by atoms with Gasteiger partial charge in [-0.05, 0) is 62.1 Å². The van der Waals surface area contributed by atoms with Gasteiger partial charge in [-0.3, -0.25) is 19.1 Å². The van der Waals surface area contributed by atoms with Crippen molar-refractivity contribution in [1.29, 1.82) is 0 Å². The van der Waals surface area contributed by atoms with Crippen molar-refractivity contribution in [2.75, 3.05) is 6.54 Å². The number of thioether (sulfide) groups is 1. The Bertz CT molecular complexity index is 1190. The summed E-state index contributed by atoms with van der Waals surface area (Å²) >= 11 is 1.28. The number of halogens is 2. The molecule has 1 atom stereocenters. The van der Waals surface area contributed by atoms with Crippen LogP contribution in [-0.4, -0.2) is 43.3 Å². The van der Waals surface area contributed by atoms with Crippen LogP contribution >= 0.6 is 11.8 Å². The van der Waals surface area contributed by atoms with Crippen molar-refractivity contribution in [3.63, 3.8) is 0 Å². The molecule has 1 saturated carbocycles. The van der Waals surface area contributed by atoms with Gasteiger partial charge in [-0.2, -0.15) is 0 Å². The summed E-state index contributed by atoms with van der Waals surface area (Å²) in [4.78, 5) is 27.6. The third kappa shape index (κ3) is 4.42. The van der Waals surface area contributed by atoms with Gasteiger partial charge in [-0.1, -0.05) is 30.3 Å². The molecule has 2 fully saturated rings. The molecule has 9 heteroatoms. The first-order valence-electron chi connectivity index (χ1n) is 11.0. The number of benzene rings is 2. The molecule has 0 N–H and O–H groups in total. The third-order valence-electron chi connectivity index (χ3n) is 5.91. The minimum atomic E-state index is -0.507. The van der Waals surface area contributed by atoms with E-state index in [0.29, 0.717) is 35.9 Å². The monoisotopic (exact) mass is 468 g/mol. The number of nitrogens with zero attached hydrogens (tertiary/aromatic N) is 4. The Morgan fingerprint density at radius 1 is 0.970 bits per heavy atom. The fourth-order valence-electron chi connectivity index (χ4n) is 4.04. The number of hydrogen-bond donors (Lipinski definition) is 0. The molecule has 3 aromatic rings. The van der Waals surface area contributed by atoms with E-state index in [1.807, 2.05) is 4.57 Å². The van der Waals surface area contributed by atoms with Gasteiger partial charge in [0.25, 0.3) is 5.91 Å². The number of hydrogen-bond acceptors (Lipinski definition) is 5. The second-order valence-corrected chi connectivity index (χ2v) is 9.46. The van der Waals surface area contributed by atoms with Gasteiger partial charge in [0, 0.05) is 18.2 Å². The maximum absolute atomic E-state index is 14.4. The molecule has 0 radical (unpaired) electrons. The van der Waals surface area contributed by atoms with Gasteiger partial charge in [0.2, 0.25) is 5.91 Å². The van der Waals surface area contributed by atoms with Crippen molar-refractivity contribution in [3.05, 3.63) is 65.7 Å². The van der Waals surface area contributed by atoms with Gasteiger partial charge < -0.3 is 0 Å². The predicted molar refractivity (Wildman–Crippen MR) is 120 cm³/mol. The molecule has 1 aliphatic heterocycles. The molecule has 1 aliphatic carbocycles. The number of likely N-dealkylation sites (tertiary alicyclic amines) is 1. The Kier molecular flexibility index (Phi) is 5.97. The molecule has 2 aliphatic rings. The fraction of sp³-hybridized carbons (Fsp3) is 0.333. The summed E-state index contributed by atoms with van der Waals surface area (Å²) in [7, 11) is 0. The van der Waals surface area contributed by atoms with E-state index >= 15 is 0 Å². The summed E-state index contributed by atoms with van der Waals surface area (Å²) in [5.74, 6) is -1.07. The molecule has 2 heterocycles. The van der Waals surface area contributed by atoms with E-state index in [1.54, 1.807) is 18.2 Å². The van der Waals surface area contributed by atoms with Crippen LogP contribution < -0.4 is 0 Å². The van der Waals surface area contributed by atoms with Crippen LogP contribution in [-0.2, 0) is 4.79 Å². The van der Waals surface area contributed by atoms with Crippen LogP contribution in [0.4, 0.5) is 8.78 Å². The van der Waals surface area contributed by atoms with Crippen molar-refractivity contribution < 1.29 is 18.4 Å². The first kappa shape index (κ1) is 21.8. The number of imide groups is 1. The van der Waals surface area contributed by atoms with Crippen LogP contribution in [0.3, 0.4) is 0 Å². The second-order valence-electron chi connectivity index (χ2n) is 8.29. The lowest BCUT2D eigenvalue weighted by molar-refractivity contribution is -0.127. The molecule has 33 heavy (non-hydrogen) atoms. The molecule has 1 aromatic heterocycles. The topological polar surface area (TPSA) is 68.1 Å². The first-order valence-corrected chi connectivity index (χ1v) is 11.9. The van der Waals surface area contributed by atoms with E-state index in [9.17, 15) is 18.4 Å². The summed E-state index contributed by atoms with van der Waals surface area (Å²) in [5, 5.41) is 8.61. The largest absolute Gasteiger partial charge is 0.299 e. The average Bonchev–Trinajstić information content (AvgIpc) is 3.60. The highest BCUT2D eigenvalue weighted by Gasteiger charge is 2.36. The number of rotatable bonds is 5. The minimum Gasteiger partial charge on any atom is -0.299 e. The van der Waals surface area contributed by atoms with Crippen LogP contribution in [0, 0.1) is 11.6 Å². The molecule has 1 saturated heterocycles. The smallest absolute Gasteiger partial charge is 0.260 e. The maximum Gasteiger partial charge on any atom is 0.260 e. The van der Waals surface area contributed by atoms with Gasteiger partial charge in [-0.25, -0.2) is 8.78 Å². The molecule has 0 spiro atoms. The van der Waals surface area contributed by atoms with Crippen LogP contribution in [0.25, 0.3) is 11.4 Å². The van der Waals surface area contributed by atoms with E-state index in [2.05, 4.69) is 10.2 Å². The zero-order chi connectivity index (χ0) is 22.9. The highest BCUT2D eigenvalue weighted by atomic mass is 32.2. The van der Waals surface area contributed by atoms with Crippen molar-refractivity contribution in [2.45, 2.75) is 48.6 Å². The van der Waals surface area contributed by atoms with Crippen LogP contribution in [0.5, 0.6) is 0 Å². The van der Waals surface area contributed by atoms with Crippen molar-refractivity contribution >= 4 is 23.6 Å². The van der Waals surface area contributed by atoms with Crippen LogP contribution in [0.15, 0.2) is 53.7 Å². The molecular formula is C24H22F2N4O2S. The van der Waals surface area contributed by atoms with Gasteiger partial charge in [0.05, 0.1) is 10.8 Å². The lowest BCUT2D eigenvalue weighted by Crippen LogP contribution is -2.41. The molecule has 1 unspecified atom stereocenters. The van der Waals surface area contributed by atoms with E-state index in [1.165, 1.54) is 47.0 Å². The lowest BCUT2D eigenvalue weighted by Gasteiger charge is -2.22. The summed E-state index contributed by atoms with van der Waals surface area (Å²) in [6.07, 6.45) is 3.98. The fourth-order valence-corrected chi connectivity index (χ4v) is 5.24. The standard InChI is InChI=1S/C24H22F2N4O2S/c25-16-10-8-15(9-11-16)22(31)29-14-4-3-7-20(23(29)32)33-24-28-27-21(30(24)17-12-13-17)18-5-1-2-6-19(18)26/h1-2,5-6,8-11,17,20H,3-4,7,12-14H2. The van der Waals surface area contributed by atoms with Gasteiger partial charge in [0.1, 0.15) is 11.6 Å². The summed E-state index contributed by atoms with van der Waals surface area (Å²) in [5.41, 5.74) is 0.655. The van der Waals surface area contributed by atoms with E-state index in [0.717, 1.165) is 19.3 Å². The summed E-state index contributed by atoms with van der Waals surface area (Å²) in [6, 6.07) is 11.8. The zero-order valence-electron chi connectivity index (χ0n) is 17.8. The predicted octanol–water partition coefficient (Wildman–Crippen LogP) is 4.87. The van der Waals surface area contributed by atoms with Crippen molar-refractivity contribution in [3.8, 4) is 11.4 Å². The Balaban J connectivity index is 1.42. The molecule has 0 bridgehead atoms. The summed E-state index contributed by atoms with van der Waals surface area (Å²) in [6.45, 7) is 0.321. The van der Waals surface area contributed by atoms with E-state index < -0.39 is 17.0 Å². The Morgan fingerprint density at radius 2 is 1.73 bits per heavy atom. The zero-order valence-corrected chi connectivity index (χ0v) is 18.6. The third-order valence-corrected chi connectivity index (χ3v) is 7.13. The van der Waals surface area contributed by atoms with Crippen molar-refractivity contribution in [2.24, 2.45) is 0 Å². The Labute approximate surface area is 194 Å². The van der Waals surface area contributed by atoms with Gasteiger partial charge in [-0.15, -0.1) is 10.2 Å². The second kappa shape index (κ2) is 9.05. The van der Waals surface area contributed by atoms with E-state index in [-0.39, 0.29) is 23.3 Å². The molecule has 5 rings (SSSR count). The molecule has 170 valence electrons. The first-order chi connectivity index (χ1) is 16.0. The van der Waals surface area contributed by atoms with Crippen molar-refractivity contribution in [1.82, 2.24) is 19.7 Å². The molecule has 6 nitrogen and oxygen atoms in total. The lowest BCUT2D eigenvalue weighted by atomic mass is 10.2. The van der Waals surface area contributed by atoms with E-state index in [4.69, 9.17) is 0 Å².